The van der Waals surface area contributed by atoms with Gasteiger partial charge in [0.15, 0.2) is 0 Å². The Morgan fingerprint density at radius 2 is 1.03 bits per heavy atom. The molecule has 0 saturated heterocycles. The molecule has 7 aromatic carbocycles. The maximum atomic E-state index is 9.03. The zero-order chi connectivity index (χ0) is 37.9. The first-order valence-corrected chi connectivity index (χ1v) is 12.2. The van der Waals surface area contributed by atoms with Gasteiger partial charge in [0.1, 0.15) is 11.2 Å². The van der Waals surface area contributed by atoms with Gasteiger partial charge in [-0.05, 0) is 73.1 Å². The van der Waals surface area contributed by atoms with Crippen LogP contribution in [0.4, 0.5) is 0 Å². The zero-order valence-electron chi connectivity index (χ0n) is 34.2. The number of fused-ring (bicyclic) bond motifs is 5. The van der Waals surface area contributed by atoms with Crippen molar-refractivity contribution in [1.29, 1.82) is 0 Å². The quantitative estimate of drug-likeness (QED) is 0.215. The van der Waals surface area contributed by atoms with Crippen LogP contribution in [0.1, 0.15) is 19.2 Å². The van der Waals surface area contributed by atoms with Gasteiger partial charge in [-0.2, -0.15) is 0 Å². The molecule has 0 bridgehead atoms. The molecule has 8 aromatic rings. The van der Waals surface area contributed by atoms with Crippen LogP contribution in [0.5, 0.6) is 0 Å². The van der Waals surface area contributed by atoms with Crippen molar-refractivity contribution < 1.29 is 23.6 Å². The molecule has 1 nitrogen and oxygen atoms in total. The van der Waals surface area contributed by atoms with Crippen LogP contribution >= 0.6 is 0 Å². The predicted octanol–water partition coefficient (Wildman–Crippen LogP) is 10.9. The number of hydrogen-bond acceptors (Lipinski definition) is 1. The average molecular weight is 511 g/mol. The van der Waals surface area contributed by atoms with Crippen LogP contribution in [0.15, 0.2) is 150 Å². The van der Waals surface area contributed by atoms with Crippen molar-refractivity contribution in [3.63, 3.8) is 0 Å². The molecule has 182 valence electrons. The van der Waals surface area contributed by atoms with E-state index >= 15 is 0 Å². The first kappa shape index (κ1) is 12.1. The third-order valence-corrected chi connectivity index (χ3v) is 6.97. The van der Waals surface area contributed by atoms with Gasteiger partial charge < -0.3 is 4.42 Å². The van der Waals surface area contributed by atoms with Crippen molar-refractivity contribution in [3.8, 4) is 33.4 Å². The van der Waals surface area contributed by atoms with Crippen molar-refractivity contribution in [2.45, 2.75) is 0 Å². The fraction of sp³-hybridized carbons (Fsp3) is 0. The highest BCUT2D eigenvalue weighted by Crippen LogP contribution is 2.44. The lowest BCUT2D eigenvalue weighted by molar-refractivity contribution is 0.669. The SMILES string of the molecule is [2H]c1cc2c(-c3cccc(-c4c([2H])c([2H])c([2H])c5oc6c([2H])c([2H])c([2H])c([2H])c6c45)c3)c3cc([2H])c([2H])cc3c(-c3cc([2H])c([2H])c([2H])c3)c2cc1[2H]. The standard InChI is InChI=1S/C38H24O/c1-2-12-25(13-3-1)36-29-16-4-6-18-31(29)37(32-19-7-5-17-30(32)36)27-15-10-14-26(24-27)28-21-11-23-35-38(28)33-20-8-9-22-34(33)39-35/h1-24H/i1D,2D,3D,4D,5D,6D,7D,8D,9D,11D,20D,21D,22D,23D. The number of rotatable bonds is 3. The van der Waals surface area contributed by atoms with Gasteiger partial charge >= 0.3 is 0 Å². The van der Waals surface area contributed by atoms with E-state index in [1.807, 2.05) is 0 Å². The van der Waals surface area contributed by atoms with Crippen LogP contribution in [-0.2, 0) is 0 Å². The van der Waals surface area contributed by atoms with Crippen LogP contribution in [0.2, 0.25) is 0 Å². The summed E-state index contributed by atoms with van der Waals surface area (Å²) in [6.45, 7) is 0. The molecule has 0 saturated carbocycles. The molecule has 0 amide bonds. The molecule has 0 N–H and O–H groups in total. The van der Waals surface area contributed by atoms with Crippen LogP contribution < -0.4 is 0 Å². The molecule has 0 radical (unpaired) electrons. The maximum Gasteiger partial charge on any atom is 0.136 e. The van der Waals surface area contributed by atoms with Crippen LogP contribution in [-0.4, -0.2) is 0 Å². The fourth-order valence-corrected chi connectivity index (χ4v) is 5.37. The number of hydrogen-bond donors (Lipinski definition) is 0. The number of para-hydroxylation sites is 1. The Bertz CT molecular complexity index is 2860. The van der Waals surface area contributed by atoms with Crippen LogP contribution in [0.3, 0.4) is 0 Å². The van der Waals surface area contributed by atoms with Crippen LogP contribution in [0, 0.1) is 0 Å². The Balaban J connectivity index is 1.52. The van der Waals surface area contributed by atoms with Gasteiger partial charge in [-0.3, -0.25) is 0 Å². The monoisotopic (exact) mass is 510 g/mol. The molecular formula is C38H24O. The van der Waals surface area contributed by atoms with E-state index in [0.29, 0.717) is 49.4 Å². The summed E-state index contributed by atoms with van der Waals surface area (Å²) < 4.78 is 125. The third kappa shape index (κ3) is 3.41. The second kappa shape index (κ2) is 8.72. The second-order valence-electron chi connectivity index (χ2n) is 9.06. The Morgan fingerprint density at radius 1 is 0.436 bits per heavy atom. The minimum atomic E-state index is -0.529. The van der Waals surface area contributed by atoms with Crippen molar-refractivity contribution in [2.24, 2.45) is 0 Å². The summed E-state index contributed by atoms with van der Waals surface area (Å²) in [7, 11) is 0. The maximum absolute atomic E-state index is 9.03. The molecular weight excluding hydrogens is 472 g/mol. The molecule has 1 heterocycles. The summed E-state index contributed by atoms with van der Waals surface area (Å²) in [5, 5.41) is 1.91. The predicted molar refractivity (Wildman–Crippen MR) is 165 cm³/mol. The van der Waals surface area contributed by atoms with E-state index < -0.39 is 36.3 Å². The minimum Gasteiger partial charge on any atom is -0.456 e. The van der Waals surface area contributed by atoms with Gasteiger partial charge in [0.2, 0.25) is 0 Å². The summed E-state index contributed by atoms with van der Waals surface area (Å²) in [5.41, 5.74) is 1.92. The second-order valence-corrected chi connectivity index (χ2v) is 9.06. The van der Waals surface area contributed by atoms with E-state index in [1.54, 1.807) is 24.3 Å². The third-order valence-electron chi connectivity index (χ3n) is 6.97. The fourth-order valence-electron chi connectivity index (χ4n) is 5.37. The lowest BCUT2D eigenvalue weighted by atomic mass is 9.85. The summed E-state index contributed by atoms with van der Waals surface area (Å²) in [6, 6.07) is 11.4. The Labute approximate surface area is 246 Å². The highest BCUT2D eigenvalue weighted by molar-refractivity contribution is 6.21. The van der Waals surface area contributed by atoms with Crippen LogP contribution in [0.25, 0.3) is 76.9 Å². The highest BCUT2D eigenvalue weighted by atomic mass is 16.3. The first-order chi connectivity index (χ1) is 25.1. The summed E-state index contributed by atoms with van der Waals surface area (Å²) in [5.74, 6) is 0. The van der Waals surface area contributed by atoms with Gasteiger partial charge in [-0.25, -0.2) is 0 Å². The van der Waals surface area contributed by atoms with E-state index in [2.05, 4.69) is 0 Å². The number of furan rings is 1. The largest absolute Gasteiger partial charge is 0.456 e. The minimum absolute atomic E-state index is 0.0291. The molecule has 8 rings (SSSR count). The Morgan fingerprint density at radius 3 is 1.74 bits per heavy atom. The molecule has 0 aliphatic carbocycles. The molecule has 0 atom stereocenters. The smallest absolute Gasteiger partial charge is 0.136 e. The molecule has 1 heteroatoms. The van der Waals surface area contributed by atoms with E-state index in [-0.39, 0.29) is 75.8 Å². The number of benzene rings is 7. The van der Waals surface area contributed by atoms with E-state index in [0.717, 1.165) is 0 Å². The van der Waals surface area contributed by atoms with E-state index in [9.17, 15) is 0 Å². The summed E-state index contributed by atoms with van der Waals surface area (Å²) >= 11 is 0. The molecule has 0 spiro atoms. The van der Waals surface area contributed by atoms with E-state index in [4.69, 9.17) is 23.6 Å². The Kier molecular flexibility index (Phi) is 2.72. The molecule has 1 aromatic heterocycles. The van der Waals surface area contributed by atoms with Gasteiger partial charge in [0.25, 0.3) is 0 Å². The molecule has 0 unspecified atom stereocenters. The molecule has 0 aliphatic rings. The molecule has 0 aliphatic heterocycles. The van der Waals surface area contributed by atoms with Gasteiger partial charge in [0.05, 0.1) is 19.2 Å². The van der Waals surface area contributed by atoms with Crippen molar-refractivity contribution in [3.05, 3.63) is 145 Å². The Hall–Kier alpha value is -5.14. The highest BCUT2D eigenvalue weighted by Gasteiger charge is 2.17. The molecule has 39 heavy (non-hydrogen) atoms. The average Bonchev–Trinajstić information content (AvgIpc) is 3.52. The van der Waals surface area contributed by atoms with Gasteiger partial charge in [-0.1, -0.05) is 127 Å². The van der Waals surface area contributed by atoms with Gasteiger partial charge in [-0.15, -0.1) is 0 Å². The first-order valence-electron chi connectivity index (χ1n) is 19.2. The van der Waals surface area contributed by atoms with E-state index in [1.165, 1.54) is 36.4 Å². The summed E-state index contributed by atoms with van der Waals surface area (Å²) in [6.07, 6.45) is 0. The van der Waals surface area contributed by atoms with Crippen molar-refractivity contribution in [1.82, 2.24) is 0 Å². The topological polar surface area (TPSA) is 13.1 Å². The normalized spacial score (nSPS) is 16.6. The lowest BCUT2D eigenvalue weighted by Gasteiger charge is -2.18. The summed E-state index contributed by atoms with van der Waals surface area (Å²) in [4.78, 5) is 0. The van der Waals surface area contributed by atoms with Crippen molar-refractivity contribution >= 4 is 43.5 Å². The lowest BCUT2D eigenvalue weighted by Crippen LogP contribution is -1.91. The molecule has 0 fully saturated rings. The van der Waals surface area contributed by atoms with Crippen molar-refractivity contribution in [2.75, 3.05) is 0 Å². The zero-order valence-corrected chi connectivity index (χ0v) is 20.2. The van der Waals surface area contributed by atoms with Gasteiger partial charge in [0, 0.05) is 10.8 Å².